The summed E-state index contributed by atoms with van der Waals surface area (Å²) in [7, 11) is 0. The van der Waals surface area contributed by atoms with Crippen LogP contribution in [0.15, 0.2) is 0 Å². The minimum Gasteiger partial charge on any atom is -0.444 e. The second-order valence-electron chi connectivity index (χ2n) is 6.38. The summed E-state index contributed by atoms with van der Waals surface area (Å²) in [5.41, 5.74) is -0.467. The smallest absolute Gasteiger partial charge is 0.410 e. The van der Waals surface area contributed by atoms with Gasteiger partial charge in [-0.15, -0.1) is 0 Å². The highest BCUT2D eigenvalue weighted by Gasteiger charge is 2.31. The number of hydrogen-bond donors (Lipinski definition) is 0. The number of amides is 1. The van der Waals surface area contributed by atoms with Crippen molar-refractivity contribution >= 4 is 6.09 Å². The monoisotopic (exact) mass is 287 g/mol. The van der Waals surface area contributed by atoms with Crippen LogP contribution in [0.2, 0.25) is 0 Å². The van der Waals surface area contributed by atoms with Gasteiger partial charge < -0.3 is 19.1 Å². The van der Waals surface area contributed by atoms with Crippen molar-refractivity contribution in [2.45, 2.75) is 65.3 Å². The number of unbranched alkanes of at least 4 members (excludes halogenated alkanes) is 1. The van der Waals surface area contributed by atoms with E-state index in [1.807, 2.05) is 27.7 Å². The first-order valence-corrected chi connectivity index (χ1v) is 7.53. The first kappa shape index (κ1) is 17.2. The van der Waals surface area contributed by atoms with Gasteiger partial charge in [0.15, 0.2) is 0 Å². The molecule has 1 aliphatic rings. The largest absolute Gasteiger partial charge is 0.444 e. The lowest BCUT2D eigenvalue weighted by atomic mass is 10.2. The molecule has 1 heterocycles. The second-order valence-corrected chi connectivity index (χ2v) is 6.38. The molecule has 0 aliphatic carbocycles. The van der Waals surface area contributed by atoms with Crippen molar-refractivity contribution in [2.24, 2.45) is 0 Å². The van der Waals surface area contributed by atoms with E-state index in [9.17, 15) is 4.79 Å². The summed E-state index contributed by atoms with van der Waals surface area (Å²) in [5, 5.41) is 0. The normalized spacial score (nSPS) is 23.8. The van der Waals surface area contributed by atoms with Gasteiger partial charge in [-0.25, -0.2) is 4.79 Å². The molecule has 0 N–H and O–H groups in total. The summed E-state index contributed by atoms with van der Waals surface area (Å²) in [6.45, 7) is 12.1. The lowest BCUT2D eigenvalue weighted by molar-refractivity contribution is -0.106. The molecule has 0 radical (unpaired) electrons. The van der Waals surface area contributed by atoms with Crippen LogP contribution < -0.4 is 0 Å². The molecule has 20 heavy (non-hydrogen) atoms. The molecule has 1 saturated heterocycles. The van der Waals surface area contributed by atoms with E-state index in [0.29, 0.717) is 19.7 Å². The number of carbonyl (C=O) groups excluding carboxylic acids is 1. The maximum absolute atomic E-state index is 12.1. The molecule has 118 valence electrons. The maximum Gasteiger partial charge on any atom is 0.410 e. The molecule has 1 amide bonds. The zero-order chi connectivity index (χ0) is 15.2. The Morgan fingerprint density at radius 1 is 1.35 bits per heavy atom. The molecule has 0 aromatic rings. The Labute approximate surface area is 122 Å². The van der Waals surface area contributed by atoms with Gasteiger partial charge in [0.25, 0.3) is 0 Å². The molecule has 0 aromatic carbocycles. The molecular weight excluding hydrogens is 258 g/mol. The number of rotatable bonds is 5. The number of nitrogens with zero attached hydrogens (tertiary/aromatic N) is 1. The fraction of sp³-hybridized carbons (Fsp3) is 0.933. The highest BCUT2D eigenvalue weighted by molar-refractivity contribution is 5.68. The van der Waals surface area contributed by atoms with Gasteiger partial charge in [0.2, 0.25) is 0 Å². The molecule has 0 unspecified atom stereocenters. The Balaban J connectivity index is 2.42. The standard InChI is InChI=1S/C15H29NO4/c1-6-7-8-18-11-13-10-16(9-12(2)19-13)14(17)20-15(3,4)5/h12-13H,6-11H2,1-5H3/t12-,13-/m1/s1. The van der Waals surface area contributed by atoms with E-state index in [1.165, 1.54) is 0 Å². The average molecular weight is 287 g/mol. The first-order chi connectivity index (χ1) is 9.31. The van der Waals surface area contributed by atoms with Crippen molar-refractivity contribution in [3.05, 3.63) is 0 Å². The Hall–Kier alpha value is -0.810. The lowest BCUT2D eigenvalue weighted by Crippen LogP contribution is -2.51. The van der Waals surface area contributed by atoms with Crippen LogP contribution >= 0.6 is 0 Å². The SMILES string of the molecule is CCCCOC[C@H]1CN(C(=O)OC(C)(C)C)C[C@@H](C)O1. The van der Waals surface area contributed by atoms with Gasteiger partial charge in [0, 0.05) is 6.61 Å². The van der Waals surface area contributed by atoms with E-state index in [1.54, 1.807) is 4.90 Å². The molecule has 0 spiro atoms. The first-order valence-electron chi connectivity index (χ1n) is 7.53. The molecule has 1 rings (SSSR count). The fourth-order valence-electron chi connectivity index (χ4n) is 2.07. The van der Waals surface area contributed by atoms with Crippen molar-refractivity contribution in [3.8, 4) is 0 Å². The lowest BCUT2D eigenvalue weighted by Gasteiger charge is -2.37. The van der Waals surface area contributed by atoms with Crippen molar-refractivity contribution in [1.29, 1.82) is 0 Å². The van der Waals surface area contributed by atoms with Gasteiger partial charge in [0.05, 0.1) is 31.9 Å². The summed E-state index contributed by atoms with van der Waals surface area (Å²) >= 11 is 0. The fourth-order valence-corrected chi connectivity index (χ4v) is 2.07. The van der Waals surface area contributed by atoms with E-state index in [0.717, 1.165) is 19.4 Å². The summed E-state index contributed by atoms with van der Waals surface area (Å²) in [4.78, 5) is 13.8. The van der Waals surface area contributed by atoms with Crippen LogP contribution in [0.5, 0.6) is 0 Å². The third-order valence-corrected chi connectivity index (χ3v) is 2.92. The third-order valence-electron chi connectivity index (χ3n) is 2.92. The van der Waals surface area contributed by atoms with Gasteiger partial charge in [-0.3, -0.25) is 0 Å². The van der Waals surface area contributed by atoms with Gasteiger partial charge >= 0.3 is 6.09 Å². The molecular formula is C15H29NO4. The number of carbonyl (C=O) groups is 1. The number of ether oxygens (including phenoxy) is 3. The molecule has 5 nitrogen and oxygen atoms in total. The van der Waals surface area contributed by atoms with E-state index < -0.39 is 5.60 Å². The summed E-state index contributed by atoms with van der Waals surface area (Å²) < 4.78 is 16.8. The average Bonchev–Trinajstić information content (AvgIpc) is 2.32. The quantitative estimate of drug-likeness (QED) is 0.730. The molecule has 0 bridgehead atoms. The van der Waals surface area contributed by atoms with Gasteiger partial charge in [0.1, 0.15) is 5.60 Å². The molecule has 1 aliphatic heterocycles. The van der Waals surface area contributed by atoms with Crippen molar-refractivity contribution in [3.63, 3.8) is 0 Å². The Bertz CT molecular complexity index is 301. The van der Waals surface area contributed by atoms with E-state index in [4.69, 9.17) is 14.2 Å². The van der Waals surface area contributed by atoms with Crippen molar-refractivity contribution in [1.82, 2.24) is 4.90 Å². The minimum absolute atomic E-state index is 0.0102. The minimum atomic E-state index is -0.467. The maximum atomic E-state index is 12.1. The van der Waals surface area contributed by atoms with E-state index in [2.05, 4.69) is 6.92 Å². The van der Waals surface area contributed by atoms with Crippen molar-refractivity contribution in [2.75, 3.05) is 26.3 Å². The highest BCUT2D eigenvalue weighted by Crippen LogP contribution is 2.16. The molecule has 0 aromatic heterocycles. The van der Waals surface area contributed by atoms with Crippen molar-refractivity contribution < 1.29 is 19.0 Å². The summed E-state index contributed by atoms with van der Waals surface area (Å²) in [6, 6.07) is 0. The Kier molecular flexibility index (Phi) is 6.76. The second kappa shape index (κ2) is 7.84. The van der Waals surface area contributed by atoms with E-state index >= 15 is 0 Å². The zero-order valence-corrected chi connectivity index (χ0v) is 13.5. The van der Waals surface area contributed by atoms with Gasteiger partial charge in [-0.2, -0.15) is 0 Å². The molecule has 1 fully saturated rings. The van der Waals surface area contributed by atoms with Crippen LogP contribution in [0.1, 0.15) is 47.5 Å². The predicted molar refractivity (Wildman–Crippen MR) is 77.9 cm³/mol. The molecule has 5 heteroatoms. The number of morpholine rings is 1. The Morgan fingerprint density at radius 2 is 2.05 bits per heavy atom. The number of hydrogen-bond acceptors (Lipinski definition) is 4. The predicted octanol–water partition coefficient (Wildman–Crippen LogP) is 2.83. The zero-order valence-electron chi connectivity index (χ0n) is 13.5. The molecule has 2 atom stereocenters. The topological polar surface area (TPSA) is 48.0 Å². The van der Waals surface area contributed by atoms with Crippen LogP contribution in [0.25, 0.3) is 0 Å². The van der Waals surface area contributed by atoms with Crippen LogP contribution in [-0.2, 0) is 14.2 Å². The summed E-state index contributed by atoms with van der Waals surface area (Å²) in [6.07, 6.45) is 1.84. The van der Waals surface area contributed by atoms with Crippen LogP contribution in [0.4, 0.5) is 4.79 Å². The van der Waals surface area contributed by atoms with Crippen LogP contribution in [0.3, 0.4) is 0 Å². The highest BCUT2D eigenvalue weighted by atomic mass is 16.6. The Morgan fingerprint density at radius 3 is 2.65 bits per heavy atom. The molecule has 0 saturated carbocycles. The summed E-state index contributed by atoms with van der Waals surface area (Å²) in [5.74, 6) is 0. The van der Waals surface area contributed by atoms with E-state index in [-0.39, 0.29) is 18.3 Å². The van der Waals surface area contributed by atoms with Gasteiger partial charge in [-0.05, 0) is 34.1 Å². The van der Waals surface area contributed by atoms with Gasteiger partial charge in [-0.1, -0.05) is 13.3 Å². The van der Waals surface area contributed by atoms with Crippen LogP contribution in [-0.4, -0.2) is 55.1 Å². The third kappa shape index (κ3) is 6.57. The van der Waals surface area contributed by atoms with Crippen LogP contribution in [0, 0.1) is 0 Å².